The summed E-state index contributed by atoms with van der Waals surface area (Å²) in [5.41, 5.74) is 72.8. The molecule has 0 spiro atoms. The predicted octanol–water partition coefficient (Wildman–Crippen LogP) is 29.6. The van der Waals surface area contributed by atoms with E-state index in [1.165, 1.54) is 316 Å². The van der Waals surface area contributed by atoms with Crippen LogP contribution in [0, 0.1) is 75.2 Å². The fourth-order valence-corrected chi connectivity index (χ4v) is 28.5. The van der Waals surface area contributed by atoms with Gasteiger partial charge in [-0.2, -0.15) is 0 Å². The Hall–Kier alpha value is -12.8. The van der Waals surface area contributed by atoms with E-state index in [1.807, 2.05) is 0 Å². The fraction of sp³-hybridized carbons (Fsp3) is 0.321. The number of rotatable bonds is 6. The highest BCUT2D eigenvalue weighted by Gasteiger charge is 2.46. The van der Waals surface area contributed by atoms with Crippen LogP contribution in [0.25, 0.3) is 123 Å². The molecule has 0 aliphatic heterocycles. The number of aryl methyl sites for hydroxylation is 15. The Balaban J connectivity index is 0.0000000949. The summed E-state index contributed by atoms with van der Waals surface area (Å²) >= 11 is 0. The molecule has 3 fully saturated rings. The Kier molecular flexibility index (Phi) is 21.6. The van der Waals surface area contributed by atoms with Crippen LogP contribution in [-0.4, -0.2) is 0 Å². The maximum Gasteiger partial charge on any atom is 0.213 e. The summed E-state index contributed by atoms with van der Waals surface area (Å²) in [5.74, 6) is 5.03. The van der Waals surface area contributed by atoms with Crippen LogP contribution in [-0.2, 0) is 84.6 Å². The largest absolute Gasteiger partial charge is 0.213 e. The number of fused-ring (bicyclic) bond motifs is 26. The Morgan fingerprint density at radius 3 is 1.24 bits per heavy atom. The smallest absolute Gasteiger partial charge is 0.201 e. The minimum Gasteiger partial charge on any atom is -0.201 e. The van der Waals surface area contributed by atoms with Crippen molar-refractivity contribution in [2.45, 2.75) is 240 Å². The van der Waals surface area contributed by atoms with Gasteiger partial charge >= 0.3 is 0 Å². The van der Waals surface area contributed by atoms with Gasteiger partial charge in [-0.1, -0.05) is 215 Å². The second-order valence-corrected chi connectivity index (χ2v) is 45.8. The summed E-state index contributed by atoms with van der Waals surface area (Å²) in [5, 5.41) is 0. The molecule has 11 aromatic carbocycles. The fourth-order valence-electron chi connectivity index (χ4n) is 28.5. The Labute approximate surface area is 826 Å². The Morgan fingerprint density at radius 2 is 0.662 bits per heavy atom. The van der Waals surface area contributed by atoms with E-state index >= 15 is 0 Å². The molecule has 692 valence electrons. The third-order valence-electron chi connectivity index (χ3n) is 36.0. The van der Waals surface area contributed by atoms with Crippen LogP contribution >= 0.6 is 0 Å². The van der Waals surface area contributed by atoms with Gasteiger partial charge in [-0.15, -0.1) is 0 Å². The summed E-state index contributed by atoms with van der Waals surface area (Å²) in [6.07, 6.45) is 32.1. The molecule has 0 saturated heterocycles. The van der Waals surface area contributed by atoms with E-state index in [0.29, 0.717) is 0 Å². The summed E-state index contributed by atoms with van der Waals surface area (Å²) in [4.78, 5) is 0. The van der Waals surface area contributed by atoms with E-state index < -0.39 is 0 Å². The Morgan fingerprint density at radius 1 is 0.237 bits per heavy atom. The van der Waals surface area contributed by atoms with E-state index in [4.69, 9.17) is 0 Å². The molecular formula is C134H136N5+5. The molecular weight excluding hydrogens is 1680 g/mol. The maximum absolute atomic E-state index is 2.54. The van der Waals surface area contributed by atoms with Crippen molar-refractivity contribution >= 4 is 0 Å². The van der Waals surface area contributed by atoms with Gasteiger partial charge in [-0.05, 0) is 414 Å². The van der Waals surface area contributed by atoms with Gasteiger partial charge in [0.15, 0.2) is 31.0 Å². The van der Waals surface area contributed by atoms with E-state index in [-0.39, 0.29) is 10.8 Å². The molecule has 5 heterocycles. The van der Waals surface area contributed by atoms with Gasteiger partial charge in [-0.25, -0.2) is 22.8 Å². The van der Waals surface area contributed by atoms with Gasteiger partial charge < -0.3 is 0 Å². The topological polar surface area (TPSA) is 19.4 Å². The van der Waals surface area contributed by atoms with Crippen molar-refractivity contribution in [1.29, 1.82) is 0 Å². The number of hydrogen-bond donors (Lipinski definition) is 0. The van der Waals surface area contributed by atoms with Crippen molar-refractivity contribution in [2.24, 2.45) is 41.2 Å². The SMILES string of the molecule is Cc1ccc2c(c1)-c1c(C)cc(C)c(-c3cc(C)c(C)c[n+]3C)c1C2.Cc1ccc2c(c1-c1cc3c(c[n+]1C)C(C)(C)CCC3(C)C)Cc1ccc(-c3ccccc3)cc1-2.Cc1ccc2c(c1-c1cc3c(c[n+]1C)C1CCC3C1)Cc1ccccc1-2.Cc1ccc2c(c1-c1cc3c(c[n+]1C)CC1CC3C1)Cc1ccccc1-2.Cc1cccc2c1-c1ccc(C)c(-c3cc4c(c[n+]3C)C3CCC4C3)c1C2. The highest BCUT2D eigenvalue weighted by Crippen LogP contribution is 2.59. The van der Waals surface area contributed by atoms with Crippen molar-refractivity contribution in [1.82, 2.24) is 0 Å². The average Bonchev–Trinajstić information content (AvgIpc) is 1.42. The average molecular weight is 1820 g/mol. The minimum atomic E-state index is 0.202. The van der Waals surface area contributed by atoms with Crippen molar-refractivity contribution in [3.05, 3.63) is 405 Å². The number of aromatic nitrogens is 5. The first-order valence-electron chi connectivity index (χ1n) is 52.3. The number of nitrogens with zero attached hydrogens (tertiary/aromatic N) is 5. The van der Waals surface area contributed by atoms with Crippen LogP contribution in [0.2, 0.25) is 0 Å². The van der Waals surface area contributed by atoms with Gasteiger partial charge in [0, 0.05) is 58.1 Å². The zero-order valence-electron chi connectivity index (χ0n) is 85.7. The first kappa shape index (κ1) is 88.8. The zero-order chi connectivity index (χ0) is 95.5. The molecule has 139 heavy (non-hydrogen) atoms. The quantitative estimate of drug-likeness (QED) is 0.148. The summed E-state index contributed by atoms with van der Waals surface area (Å²) in [7, 11) is 11.1. The van der Waals surface area contributed by atoms with Gasteiger partial charge in [0.1, 0.15) is 35.2 Å². The molecule has 13 aliphatic rings. The van der Waals surface area contributed by atoms with E-state index in [1.54, 1.807) is 33.4 Å². The third-order valence-corrected chi connectivity index (χ3v) is 36.0. The van der Waals surface area contributed by atoms with Crippen LogP contribution in [0.3, 0.4) is 0 Å². The summed E-state index contributed by atoms with van der Waals surface area (Å²) in [6, 6.07) is 82.7. The molecule has 0 amide bonds. The molecule has 4 atom stereocenters. The predicted molar refractivity (Wildman–Crippen MR) is 572 cm³/mol. The molecule has 4 unspecified atom stereocenters. The maximum atomic E-state index is 2.54. The molecule has 0 N–H and O–H groups in total. The first-order valence-corrected chi connectivity index (χ1v) is 52.3. The van der Waals surface area contributed by atoms with Crippen LogP contribution in [0.5, 0.6) is 0 Å². The lowest BCUT2D eigenvalue weighted by molar-refractivity contribution is -0.661. The highest BCUT2D eigenvalue weighted by atomic mass is 15.0. The normalized spacial score (nSPS) is 18.7. The molecule has 3 saturated carbocycles. The van der Waals surface area contributed by atoms with E-state index in [9.17, 15) is 0 Å². The van der Waals surface area contributed by atoms with Crippen LogP contribution in [0.4, 0.5) is 0 Å². The highest BCUT2D eigenvalue weighted by molar-refractivity contribution is 5.92. The molecule has 5 nitrogen and oxygen atoms in total. The number of benzene rings is 11. The van der Waals surface area contributed by atoms with Crippen molar-refractivity contribution in [2.75, 3.05) is 0 Å². The summed E-state index contributed by atoms with van der Waals surface area (Å²) < 4.78 is 11.9. The van der Waals surface area contributed by atoms with Crippen LogP contribution in [0.1, 0.15) is 277 Å². The van der Waals surface area contributed by atoms with Gasteiger partial charge in [0.2, 0.25) is 28.5 Å². The zero-order valence-corrected chi connectivity index (χ0v) is 85.7. The van der Waals surface area contributed by atoms with Gasteiger partial charge in [-0.3, -0.25) is 0 Å². The lowest BCUT2D eigenvalue weighted by Crippen LogP contribution is -2.40. The molecule has 6 bridgehead atoms. The lowest BCUT2D eigenvalue weighted by Gasteiger charge is -2.41. The molecule has 5 aromatic heterocycles. The molecule has 16 aromatic rings. The molecule has 13 aliphatic carbocycles. The van der Waals surface area contributed by atoms with Crippen molar-refractivity contribution in [3.8, 4) is 123 Å². The first-order chi connectivity index (χ1) is 67.0. The van der Waals surface area contributed by atoms with Gasteiger partial charge in [0.25, 0.3) is 0 Å². The summed E-state index contributed by atoms with van der Waals surface area (Å²) in [6.45, 7) is 32.1. The molecule has 29 rings (SSSR count). The second kappa shape index (κ2) is 33.7. The molecule has 5 heteroatoms. The lowest BCUT2D eigenvalue weighted by atomic mass is 9.63. The second-order valence-electron chi connectivity index (χ2n) is 45.8. The minimum absolute atomic E-state index is 0.202. The molecule has 0 radical (unpaired) electrons. The number of pyridine rings is 5. The van der Waals surface area contributed by atoms with Crippen molar-refractivity contribution in [3.63, 3.8) is 0 Å². The number of hydrogen-bond acceptors (Lipinski definition) is 0. The van der Waals surface area contributed by atoms with E-state index in [0.717, 1.165) is 67.6 Å². The standard InChI is InChI=1S/C34H36N.C26H26N.2C25H24N.C24H26N/c1-22-12-15-26-27-18-24(23-10-8-7-9-11-23)13-14-25(27)19-28(26)32(22)31-20-29-30(21-35(31)6)34(4,5)17-16-33(29,2)3;1-15-5-4-6-19-12-22-20(25(15)19)10-7-16(2)26(22)24-13-21-17-8-9-18(11-17)23(21)14-27(24)3;1-15-7-10-20-19-6-4-3-5-16(19)12-22(20)25(15)24-13-21-17-8-9-18(11-17)23(21)14-26(24)2;1-15-7-8-21-20-6-4-3-5-17(20)12-23(21)25(15)24-13-22-18-9-16(10-18)11-19(22)14-26(24)2;1-14-7-8-19-12-21-23(20(19)9-14)16(3)10-17(4)24(21)22-11-15(2)18(5)13-25(22)6/h7-15,18,20-21H,16-17,19H2,1-6H3;4-7,10,13-14,17-18H,8-9,11-12H2,1-3H3;3-7,10,13-14,17-18H,8-9,11-12H2,1-2H3;3-8,13-14,16,18H,9-12H2,1-2H3;7-11,13H,12H2,1-6H3/q5*+1. The van der Waals surface area contributed by atoms with Crippen molar-refractivity contribution < 1.29 is 22.8 Å². The third kappa shape index (κ3) is 14.8. The van der Waals surface area contributed by atoms with Crippen LogP contribution in [0.15, 0.2) is 249 Å². The van der Waals surface area contributed by atoms with Crippen LogP contribution < -0.4 is 22.8 Å². The van der Waals surface area contributed by atoms with E-state index in [2.05, 4.69) is 404 Å². The Bertz CT molecular complexity index is 7790. The monoisotopic (exact) mass is 1820 g/mol. The van der Waals surface area contributed by atoms with Gasteiger partial charge in [0.05, 0.1) is 27.8 Å².